The van der Waals surface area contributed by atoms with Crippen LogP contribution in [-0.4, -0.2) is 51.3 Å². The maximum Gasteiger partial charge on any atom is 0.342 e. The minimum atomic E-state index is -2.04. The number of methoxy groups -OCH3 is 4. The molecule has 0 saturated carbocycles. The fourth-order valence-electron chi connectivity index (χ4n) is 2.64. The van der Waals surface area contributed by atoms with Crippen molar-refractivity contribution < 1.29 is 38.2 Å². The Morgan fingerprint density at radius 3 is 2.23 bits per heavy atom. The number of benzene rings is 1. The predicted octanol–water partition coefficient (Wildman–Crippen LogP) is 1.26. The van der Waals surface area contributed by atoms with E-state index >= 15 is 0 Å². The lowest BCUT2D eigenvalue weighted by Gasteiger charge is -2.27. The summed E-state index contributed by atoms with van der Waals surface area (Å²) in [5, 5.41) is 11.0. The summed E-state index contributed by atoms with van der Waals surface area (Å²) in [5.41, 5.74) is -0.559. The van der Waals surface area contributed by atoms with Gasteiger partial charge in [-0.1, -0.05) is 12.1 Å². The Hall–Kier alpha value is -2.82. The minimum Gasteiger partial charge on any atom is -0.466 e. The second-order valence-corrected chi connectivity index (χ2v) is 5.09. The van der Waals surface area contributed by atoms with E-state index in [0.717, 1.165) is 14.2 Å². The van der Waals surface area contributed by atoms with Crippen LogP contribution in [0.2, 0.25) is 0 Å². The first-order valence-corrected chi connectivity index (χ1v) is 7.29. The van der Waals surface area contributed by atoms with Crippen LogP contribution >= 0.6 is 0 Å². The van der Waals surface area contributed by atoms with Gasteiger partial charge in [0.25, 0.3) is 5.69 Å². The Morgan fingerprint density at radius 1 is 1.12 bits per heavy atom. The Labute approximate surface area is 148 Å². The number of hydrogen-bond donors (Lipinski definition) is 0. The van der Waals surface area contributed by atoms with Gasteiger partial charge in [0.05, 0.1) is 24.7 Å². The monoisotopic (exact) mass is 367 g/mol. The van der Waals surface area contributed by atoms with Gasteiger partial charge >= 0.3 is 17.9 Å². The molecule has 0 radical (unpaired) electrons. The molecule has 0 amide bonds. The molecule has 0 saturated heterocycles. The van der Waals surface area contributed by atoms with Crippen LogP contribution < -0.4 is 0 Å². The molecule has 10 nitrogen and oxygen atoms in total. The topological polar surface area (TPSA) is 123 Å². The number of rotatable bonds is 6. The van der Waals surface area contributed by atoms with Crippen LogP contribution in [0.15, 0.2) is 35.4 Å². The lowest BCUT2D eigenvalue weighted by molar-refractivity contribution is -0.385. The van der Waals surface area contributed by atoms with Crippen molar-refractivity contribution in [2.24, 2.45) is 0 Å². The first-order chi connectivity index (χ1) is 12.3. The highest BCUT2D eigenvalue weighted by Crippen LogP contribution is 2.46. The fourth-order valence-corrected chi connectivity index (χ4v) is 2.64. The van der Waals surface area contributed by atoms with E-state index in [1.165, 1.54) is 38.5 Å². The third kappa shape index (κ3) is 3.17. The molecule has 0 spiro atoms. The quantitative estimate of drug-likeness (QED) is 0.316. The first-order valence-electron chi connectivity index (χ1n) is 7.29. The number of hydrogen-bond acceptors (Lipinski definition) is 9. The van der Waals surface area contributed by atoms with Crippen LogP contribution in [0, 0.1) is 10.1 Å². The van der Waals surface area contributed by atoms with Crippen molar-refractivity contribution in [3.63, 3.8) is 0 Å². The number of ether oxygens (including phenoxy) is 5. The number of nitrogens with zero attached hydrogens (tertiary/aromatic N) is 1. The molecular weight excluding hydrogens is 350 g/mol. The van der Waals surface area contributed by atoms with E-state index < -0.39 is 28.9 Å². The van der Waals surface area contributed by atoms with Gasteiger partial charge in [-0.2, -0.15) is 0 Å². The normalized spacial score (nSPS) is 18.5. The average molecular weight is 367 g/mol. The molecule has 1 heterocycles. The summed E-state index contributed by atoms with van der Waals surface area (Å²) in [5.74, 6) is -3.86. The molecule has 0 N–H and O–H groups in total. The summed E-state index contributed by atoms with van der Waals surface area (Å²) in [6, 6.07) is 5.41. The van der Waals surface area contributed by atoms with Crippen molar-refractivity contribution >= 4 is 17.6 Å². The molecule has 10 heteroatoms. The summed E-state index contributed by atoms with van der Waals surface area (Å²) >= 11 is 0. The number of non-ortho nitro benzene ring substituents is 1. The average Bonchev–Trinajstić information content (AvgIpc) is 3.02. The minimum absolute atomic E-state index is 0.220. The largest absolute Gasteiger partial charge is 0.466 e. The van der Waals surface area contributed by atoms with Gasteiger partial charge in [0.1, 0.15) is 11.7 Å². The van der Waals surface area contributed by atoms with Crippen molar-refractivity contribution in [3.05, 3.63) is 51.1 Å². The molecule has 1 aliphatic heterocycles. The molecule has 26 heavy (non-hydrogen) atoms. The van der Waals surface area contributed by atoms with Crippen LogP contribution in [0.4, 0.5) is 5.69 Å². The van der Waals surface area contributed by atoms with Crippen molar-refractivity contribution in [3.8, 4) is 0 Å². The summed E-state index contributed by atoms with van der Waals surface area (Å²) in [4.78, 5) is 35.1. The number of esters is 2. The zero-order valence-electron chi connectivity index (χ0n) is 14.5. The van der Waals surface area contributed by atoms with Crippen molar-refractivity contribution in [2.45, 2.75) is 12.1 Å². The van der Waals surface area contributed by atoms with Gasteiger partial charge in [-0.25, -0.2) is 9.59 Å². The zero-order chi connectivity index (χ0) is 19.5. The molecule has 1 aromatic carbocycles. The summed E-state index contributed by atoms with van der Waals surface area (Å²) in [6.07, 6.45) is -1.21. The third-order valence-corrected chi connectivity index (χ3v) is 3.83. The SMILES string of the molecule is COC(=O)C1=C(C(=O)OC)C(OC)(OC)OC1c1cccc([N+](=O)[O-])c1. The molecule has 0 aliphatic carbocycles. The van der Waals surface area contributed by atoms with Crippen LogP contribution in [0.5, 0.6) is 0 Å². The number of carbonyl (C=O) groups is 2. The van der Waals surface area contributed by atoms with Gasteiger partial charge in [0.15, 0.2) is 0 Å². The Balaban J connectivity index is 2.71. The van der Waals surface area contributed by atoms with Crippen LogP contribution in [0.1, 0.15) is 11.7 Å². The number of nitro benzene ring substituents is 1. The highest BCUT2D eigenvalue weighted by Gasteiger charge is 2.55. The maximum atomic E-state index is 12.4. The van der Waals surface area contributed by atoms with E-state index in [-0.39, 0.29) is 22.4 Å². The van der Waals surface area contributed by atoms with Gasteiger partial charge in [-0.3, -0.25) is 10.1 Å². The van der Waals surface area contributed by atoms with Crippen molar-refractivity contribution in [2.75, 3.05) is 28.4 Å². The molecule has 0 aromatic heterocycles. The number of nitro groups is 1. The lowest BCUT2D eigenvalue weighted by atomic mass is 9.98. The molecule has 0 fully saturated rings. The molecule has 0 bridgehead atoms. The molecule has 1 aliphatic rings. The van der Waals surface area contributed by atoms with E-state index in [4.69, 9.17) is 23.7 Å². The van der Waals surface area contributed by atoms with Gasteiger partial charge in [-0.15, -0.1) is 0 Å². The smallest absolute Gasteiger partial charge is 0.342 e. The fraction of sp³-hybridized carbons (Fsp3) is 0.375. The first kappa shape index (κ1) is 19.5. The van der Waals surface area contributed by atoms with Gasteiger partial charge in [-0.05, 0) is 5.56 Å². The Morgan fingerprint density at radius 2 is 1.73 bits per heavy atom. The maximum absolute atomic E-state index is 12.4. The molecule has 1 atom stereocenters. The molecule has 1 unspecified atom stereocenters. The van der Waals surface area contributed by atoms with Crippen LogP contribution in [0.25, 0.3) is 0 Å². The van der Waals surface area contributed by atoms with E-state index in [9.17, 15) is 19.7 Å². The molecule has 2 rings (SSSR count). The van der Waals surface area contributed by atoms with Crippen LogP contribution in [-0.2, 0) is 33.3 Å². The molecule has 1 aromatic rings. The standard InChI is InChI=1S/C16H17NO9/c1-22-14(18)11-12(15(19)23-2)16(24-3,25-4)26-13(11)9-6-5-7-10(8-9)17(20)21/h5-8,13H,1-4H3. The summed E-state index contributed by atoms with van der Waals surface area (Å²) in [7, 11) is 4.64. The van der Waals surface area contributed by atoms with Crippen molar-refractivity contribution in [1.29, 1.82) is 0 Å². The summed E-state index contributed by atoms with van der Waals surface area (Å²) in [6.45, 7) is 0. The van der Waals surface area contributed by atoms with E-state index in [2.05, 4.69) is 0 Å². The molecule has 140 valence electrons. The van der Waals surface area contributed by atoms with Crippen molar-refractivity contribution in [1.82, 2.24) is 0 Å². The lowest BCUT2D eigenvalue weighted by Crippen LogP contribution is -2.39. The highest BCUT2D eigenvalue weighted by molar-refractivity contribution is 6.03. The highest BCUT2D eigenvalue weighted by atomic mass is 16.9. The van der Waals surface area contributed by atoms with E-state index in [1.807, 2.05) is 0 Å². The van der Waals surface area contributed by atoms with Gasteiger partial charge in [0, 0.05) is 26.4 Å². The second-order valence-electron chi connectivity index (χ2n) is 5.09. The Kier molecular flexibility index (Phi) is 5.70. The summed E-state index contributed by atoms with van der Waals surface area (Å²) < 4.78 is 25.5. The number of carbonyl (C=O) groups excluding carboxylic acids is 2. The van der Waals surface area contributed by atoms with E-state index in [0.29, 0.717) is 0 Å². The molecular formula is C16H17NO9. The predicted molar refractivity (Wildman–Crippen MR) is 84.7 cm³/mol. The van der Waals surface area contributed by atoms with Gasteiger partial charge in [0.2, 0.25) is 0 Å². The zero-order valence-corrected chi connectivity index (χ0v) is 14.5. The van der Waals surface area contributed by atoms with Gasteiger partial charge < -0.3 is 23.7 Å². The van der Waals surface area contributed by atoms with E-state index in [1.54, 1.807) is 0 Å². The Bertz CT molecular complexity index is 767. The second kappa shape index (κ2) is 7.60. The van der Waals surface area contributed by atoms with Crippen LogP contribution in [0.3, 0.4) is 0 Å². The third-order valence-electron chi connectivity index (χ3n) is 3.83.